The van der Waals surface area contributed by atoms with E-state index in [1.54, 1.807) is 24.4 Å². The van der Waals surface area contributed by atoms with Crippen LogP contribution in [0.15, 0.2) is 48.8 Å². The van der Waals surface area contributed by atoms with Crippen LogP contribution >= 0.6 is 0 Å². The van der Waals surface area contributed by atoms with Crippen molar-refractivity contribution in [1.82, 2.24) is 9.88 Å². The predicted octanol–water partition coefficient (Wildman–Crippen LogP) is 2.84. The highest BCUT2D eigenvalue weighted by atomic mass is 19.1. The fourth-order valence-corrected chi connectivity index (χ4v) is 3.09. The molecule has 0 amide bonds. The number of benzene rings is 1. The lowest BCUT2D eigenvalue weighted by Gasteiger charge is -2.25. The summed E-state index contributed by atoms with van der Waals surface area (Å²) in [5.41, 5.74) is 1.32. The number of carboxylic acid groups (broad SMARTS) is 1. The Bertz CT molecular complexity index is 663. The molecule has 1 N–H and O–H groups in total. The van der Waals surface area contributed by atoms with Gasteiger partial charge in [0.2, 0.25) is 0 Å². The molecule has 1 aliphatic heterocycles. The van der Waals surface area contributed by atoms with Crippen LogP contribution in [0, 0.1) is 5.82 Å². The van der Waals surface area contributed by atoms with Gasteiger partial charge in [-0.2, -0.15) is 0 Å². The zero-order valence-electron chi connectivity index (χ0n) is 12.0. The zero-order chi connectivity index (χ0) is 15.5. The number of aromatic nitrogens is 1. The molecule has 3 rings (SSSR count). The van der Waals surface area contributed by atoms with E-state index in [-0.39, 0.29) is 11.5 Å². The Hall–Kier alpha value is -2.27. The van der Waals surface area contributed by atoms with Crippen molar-refractivity contribution in [2.75, 3.05) is 13.1 Å². The summed E-state index contributed by atoms with van der Waals surface area (Å²) < 4.78 is 14.0. The topological polar surface area (TPSA) is 53.4 Å². The molecule has 5 heteroatoms. The molecule has 0 spiro atoms. The van der Waals surface area contributed by atoms with Crippen molar-refractivity contribution in [3.63, 3.8) is 0 Å². The van der Waals surface area contributed by atoms with Crippen molar-refractivity contribution < 1.29 is 14.3 Å². The molecular weight excluding hydrogens is 283 g/mol. The van der Waals surface area contributed by atoms with Crippen LogP contribution in [0.1, 0.15) is 29.5 Å². The van der Waals surface area contributed by atoms with E-state index in [4.69, 9.17) is 0 Å². The molecule has 4 nitrogen and oxygen atoms in total. The molecule has 22 heavy (non-hydrogen) atoms. The minimum absolute atomic E-state index is 0.224. The largest absolute Gasteiger partial charge is 0.480 e. The number of hydrogen-bond acceptors (Lipinski definition) is 3. The second-order valence-corrected chi connectivity index (χ2v) is 5.53. The average Bonchev–Trinajstić information content (AvgIpc) is 2.99. The number of pyridine rings is 1. The molecule has 2 unspecified atom stereocenters. The molecule has 2 atom stereocenters. The molecule has 2 heterocycles. The normalized spacial score (nSPS) is 20.0. The molecule has 1 saturated heterocycles. The number of hydrogen-bond donors (Lipinski definition) is 1. The summed E-state index contributed by atoms with van der Waals surface area (Å²) in [6.07, 6.45) is 4.38. The van der Waals surface area contributed by atoms with E-state index >= 15 is 0 Å². The maximum Gasteiger partial charge on any atom is 0.325 e. The van der Waals surface area contributed by atoms with E-state index in [0.717, 1.165) is 12.0 Å². The molecule has 0 saturated carbocycles. The molecule has 1 fully saturated rings. The third-order valence-electron chi connectivity index (χ3n) is 4.17. The summed E-state index contributed by atoms with van der Waals surface area (Å²) in [6, 6.07) is 9.03. The van der Waals surface area contributed by atoms with Crippen molar-refractivity contribution in [2.45, 2.75) is 18.4 Å². The quantitative estimate of drug-likeness (QED) is 0.943. The highest BCUT2D eigenvalue weighted by molar-refractivity contribution is 5.75. The van der Waals surface area contributed by atoms with Crippen LogP contribution in [0.25, 0.3) is 0 Å². The van der Waals surface area contributed by atoms with E-state index in [0.29, 0.717) is 13.1 Å². The second-order valence-electron chi connectivity index (χ2n) is 5.53. The molecule has 0 radical (unpaired) electrons. The van der Waals surface area contributed by atoms with Gasteiger partial charge in [0.15, 0.2) is 0 Å². The van der Waals surface area contributed by atoms with E-state index in [2.05, 4.69) is 4.98 Å². The van der Waals surface area contributed by atoms with E-state index in [1.807, 2.05) is 23.2 Å². The zero-order valence-corrected chi connectivity index (χ0v) is 12.0. The maximum absolute atomic E-state index is 14.0. The number of carbonyl (C=O) groups is 1. The number of halogens is 1. The summed E-state index contributed by atoms with van der Waals surface area (Å²) >= 11 is 0. The first kappa shape index (κ1) is 14.7. The van der Waals surface area contributed by atoms with Gasteiger partial charge in [-0.1, -0.05) is 24.3 Å². The van der Waals surface area contributed by atoms with Crippen LogP contribution in [-0.2, 0) is 4.79 Å². The molecule has 1 aromatic carbocycles. The number of carboxylic acids is 1. The fourth-order valence-electron chi connectivity index (χ4n) is 3.09. The number of rotatable bonds is 4. The van der Waals surface area contributed by atoms with Gasteiger partial charge in [0.1, 0.15) is 11.9 Å². The minimum Gasteiger partial charge on any atom is -0.480 e. The first-order valence-electron chi connectivity index (χ1n) is 7.28. The van der Waals surface area contributed by atoms with Crippen LogP contribution in [0.2, 0.25) is 0 Å². The monoisotopic (exact) mass is 300 g/mol. The van der Waals surface area contributed by atoms with Crippen molar-refractivity contribution in [3.8, 4) is 0 Å². The molecule has 2 aromatic rings. The Morgan fingerprint density at radius 2 is 2.14 bits per heavy atom. The lowest BCUT2D eigenvalue weighted by Crippen LogP contribution is -2.33. The van der Waals surface area contributed by atoms with Crippen molar-refractivity contribution in [3.05, 3.63) is 65.7 Å². The standard InChI is InChI=1S/C17H17FN2O2/c18-15-6-2-1-5-14(15)16(17(21)22)20-9-7-13(11-20)12-4-3-8-19-10-12/h1-6,8,10,13,16H,7,9,11H2,(H,21,22). The first-order chi connectivity index (χ1) is 10.7. The van der Waals surface area contributed by atoms with E-state index in [1.165, 1.54) is 6.07 Å². The summed E-state index contributed by atoms with van der Waals surface area (Å²) in [6.45, 7) is 1.22. The predicted molar refractivity (Wildman–Crippen MR) is 79.9 cm³/mol. The Morgan fingerprint density at radius 1 is 1.32 bits per heavy atom. The van der Waals surface area contributed by atoms with Gasteiger partial charge in [0.25, 0.3) is 0 Å². The summed E-state index contributed by atoms with van der Waals surface area (Å²) in [4.78, 5) is 17.6. The van der Waals surface area contributed by atoms with Crippen LogP contribution in [0.4, 0.5) is 4.39 Å². The molecule has 0 aliphatic carbocycles. The Morgan fingerprint density at radius 3 is 2.82 bits per heavy atom. The lowest BCUT2D eigenvalue weighted by molar-refractivity contribution is -0.143. The molecule has 114 valence electrons. The summed E-state index contributed by atoms with van der Waals surface area (Å²) in [5, 5.41) is 9.55. The van der Waals surface area contributed by atoms with Crippen molar-refractivity contribution in [1.29, 1.82) is 0 Å². The number of nitrogens with zero attached hydrogens (tertiary/aromatic N) is 2. The van der Waals surface area contributed by atoms with Gasteiger partial charge in [-0.15, -0.1) is 0 Å². The van der Waals surface area contributed by atoms with Crippen LogP contribution in [0.3, 0.4) is 0 Å². The molecule has 1 aromatic heterocycles. The highest BCUT2D eigenvalue weighted by Gasteiger charge is 2.35. The van der Waals surface area contributed by atoms with Crippen molar-refractivity contribution >= 4 is 5.97 Å². The van der Waals surface area contributed by atoms with Crippen LogP contribution in [0.5, 0.6) is 0 Å². The van der Waals surface area contributed by atoms with Gasteiger partial charge in [-0.05, 0) is 36.6 Å². The molecule has 0 bridgehead atoms. The Kier molecular flexibility index (Phi) is 4.15. The third kappa shape index (κ3) is 2.85. The first-order valence-corrected chi connectivity index (χ1v) is 7.28. The number of aliphatic carboxylic acids is 1. The van der Waals surface area contributed by atoms with Gasteiger partial charge in [0.05, 0.1) is 0 Å². The van der Waals surface area contributed by atoms with E-state index in [9.17, 15) is 14.3 Å². The fraction of sp³-hybridized carbons (Fsp3) is 0.294. The van der Waals surface area contributed by atoms with Gasteiger partial charge in [-0.3, -0.25) is 14.7 Å². The van der Waals surface area contributed by atoms with Gasteiger partial charge in [0, 0.05) is 24.5 Å². The SMILES string of the molecule is O=C(O)C(c1ccccc1F)N1CCC(c2cccnc2)C1. The summed E-state index contributed by atoms with van der Waals surface area (Å²) in [7, 11) is 0. The van der Waals surface area contributed by atoms with Gasteiger partial charge < -0.3 is 5.11 Å². The average molecular weight is 300 g/mol. The van der Waals surface area contributed by atoms with Gasteiger partial charge in [-0.25, -0.2) is 4.39 Å². The highest BCUT2D eigenvalue weighted by Crippen LogP contribution is 2.33. The smallest absolute Gasteiger partial charge is 0.325 e. The molecule has 1 aliphatic rings. The van der Waals surface area contributed by atoms with E-state index < -0.39 is 17.8 Å². The Labute approximate surface area is 128 Å². The molecular formula is C17H17FN2O2. The van der Waals surface area contributed by atoms with Crippen molar-refractivity contribution in [2.24, 2.45) is 0 Å². The maximum atomic E-state index is 14.0. The van der Waals surface area contributed by atoms with Crippen LogP contribution < -0.4 is 0 Å². The van der Waals surface area contributed by atoms with Gasteiger partial charge >= 0.3 is 5.97 Å². The number of likely N-dealkylation sites (tertiary alicyclic amines) is 1. The third-order valence-corrected chi connectivity index (χ3v) is 4.17. The second kappa shape index (κ2) is 6.23. The Balaban J connectivity index is 1.83. The van der Waals surface area contributed by atoms with Crippen LogP contribution in [-0.4, -0.2) is 34.0 Å². The minimum atomic E-state index is -1.02. The summed E-state index contributed by atoms with van der Waals surface area (Å²) in [5.74, 6) is -1.25. The lowest BCUT2D eigenvalue weighted by atomic mass is 10.0.